The van der Waals surface area contributed by atoms with Crippen molar-refractivity contribution in [3.63, 3.8) is 0 Å². The number of hydrogen-bond acceptors (Lipinski definition) is 5. The average Bonchev–Trinajstić information content (AvgIpc) is 2.60. The maximum Gasteiger partial charge on any atom is 0.298 e. The molecule has 0 heterocycles. The van der Waals surface area contributed by atoms with Crippen molar-refractivity contribution >= 4 is 6.47 Å². The topological polar surface area (TPSA) is 54.0 Å². The lowest BCUT2D eigenvalue weighted by Gasteiger charge is -2.07. The van der Waals surface area contributed by atoms with Crippen LogP contribution in [0.15, 0.2) is 67.5 Å². The Morgan fingerprint density at radius 2 is 1.54 bits per heavy atom. The van der Waals surface area contributed by atoms with Crippen LogP contribution in [0.4, 0.5) is 4.39 Å². The van der Waals surface area contributed by atoms with Crippen LogP contribution in [-0.4, -0.2) is 13.6 Å². The minimum Gasteiger partial charge on any atom is -0.501 e. The molecular weight excluding hydrogens is 315 g/mol. The maximum atomic E-state index is 14.2. The van der Waals surface area contributed by atoms with Crippen LogP contribution in [0.2, 0.25) is 0 Å². The molecule has 0 bridgehead atoms. The van der Waals surface area contributed by atoms with E-state index < -0.39 is 5.82 Å². The standard InChI is InChI=1S/C18H15FO5/c1-21-8-10-24-16-6-7-17(18(19)12-16)14-2-4-15(5-3-14)23-11-9-22-13-20/h2-13H,1H3/b10-8-,11-9-. The molecule has 0 aliphatic rings. The molecule has 0 saturated carbocycles. The molecule has 5 nitrogen and oxygen atoms in total. The van der Waals surface area contributed by atoms with E-state index in [1.54, 1.807) is 36.4 Å². The predicted octanol–water partition coefficient (Wildman–Crippen LogP) is 4.01. The molecule has 0 aliphatic carbocycles. The second-order valence-electron chi connectivity index (χ2n) is 4.41. The van der Waals surface area contributed by atoms with Crippen LogP contribution in [0.3, 0.4) is 0 Å². The van der Waals surface area contributed by atoms with Crippen LogP contribution < -0.4 is 9.47 Å². The third-order valence-electron chi connectivity index (χ3n) is 2.90. The van der Waals surface area contributed by atoms with Crippen molar-refractivity contribution in [2.75, 3.05) is 7.11 Å². The Labute approximate surface area is 138 Å². The van der Waals surface area contributed by atoms with E-state index in [9.17, 15) is 9.18 Å². The van der Waals surface area contributed by atoms with Gasteiger partial charge in [0.1, 0.15) is 42.4 Å². The number of halogens is 1. The summed E-state index contributed by atoms with van der Waals surface area (Å²) in [6.45, 7) is 0.282. The summed E-state index contributed by atoms with van der Waals surface area (Å²) in [7, 11) is 1.49. The molecule has 0 N–H and O–H groups in total. The average molecular weight is 330 g/mol. The van der Waals surface area contributed by atoms with Crippen molar-refractivity contribution in [3.05, 3.63) is 73.3 Å². The number of benzene rings is 2. The van der Waals surface area contributed by atoms with Crippen LogP contribution in [0.1, 0.15) is 0 Å². The zero-order chi connectivity index (χ0) is 17.2. The summed E-state index contributed by atoms with van der Waals surface area (Å²) in [6, 6.07) is 11.3. The Hall–Kier alpha value is -3.28. The van der Waals surface area contributed by atoms with E-state index in [4.69, 9.17) is 14.2 Å². The number of hydrogen-bond donors (Lipinski definition) is 0. The van der Waals surface area contributed by atoms with Gasteiger partial charge in [0.15, 0.2) is 0 Å². The van der Waals surface area contributed by atoms with Crippen molar-refractivity contribution in [1.82, 2.24) is 0 Å². The Morgan fingerprint density at radius 3 is 2.21 bits per heavy atom. The molecule has 2 aromatic carbocycles. The van der Waals surface area contributed by atoms with E-state index in [0.717, 1.165) is 6.26 Å². The van der Waals surface area contributed by atoms with Gasteiger partial charge in [0.25, 0.3) is 6.47 Å². The van der Waals surface area contributed by atoms with E-state index >= 15 is 0 Å². The SMILES string of the molecule is CO/C=C\Oc1ccc(-c2ccc(O/C=C\OC=O)cc2)c(F)c1. The fraction of sp³-hybridized carbons (Fsp3) is 0.0556. The summed E-state index contributed by atoms with van der Waals surface area (Å²) >= 11 is 0. The van der Waals surface area contributed by atoms with Gasteiger partial charge in [-0.05, 0) is 29.8 Å². The van der Waals surface area contributed by atoms with Gasteiger partial charge in [0.05, 0.1) is 7.11 Å². The van der Waals surface area contributed by atoms with Gasteiger partial charge < -0.3 is 18.9 Å². The zero-order valence-corrected chi connectivity index (χ0v) is 12.8. The number of ether oxygens (including phenoxy) is 4. The molecule has 0 saturated heterocycles. The lowest BCUT2D eigenvalue weighted by molar-refractivity contribution is -0.123. The van der Waals surface area contributed by atoms with Crippen molar-refractivity contribution in [2.24, 2.45) is 0 Å². The monoisotopic (exact) mass is 330 g/mol. The lowest BCUT2D eigenvalue weighted by Crippen LogP contribution is -1.89. The van der Waals surface area contributed by atoms with Crippen LogP contribution >= 0.6 is 0 Å². The Bertz CT molecular complexity index is 723. The fourth-order valence-corrected chi connectivity index (χ4v) is 1.85. The largest absolute Gasteiger partial charge is 0.501 e. The maximum absolute atomic E-state index is 14.2. The van der Waals surface area contributed by atoms with E-state index in [1.807, 2.05) is 0 Å². The third-order valence-corrected chi connectivity index (χ3v) is 2.90. The van der Waals surface area contributed by atoms with Gasteiger partial charge in [-0.1, -0.05) is 12.1 Å². The first-order valence-electron chi connectivity index (χ1n) is 6.90. The zero-order valence-electron chi connectivity index (χ0n) is 12.8. The molecule has 124 valence electrons. The second kappa shape index (κ2) is 8.99. The molecule has 0 aliphatic heterocycles. The van der Waals surface area contributed by atoms with Crippen molar-refractivity contribution in [2.45, 2.75) is 0 Å². The van der Waals surface area contributed by atoms with E-state index in [1.165, 1.54) is 32.0 Å². The lowest BCUT2D eigenvalue weighted by atomic mass is 10.0. The molecular formula is C18H15FO5. The summed E-state index contributed by atoms with van der Waals surface area (Å²) < 4.78 is 33.7. The predicted molar refractivity (Wildman–Crippen MR) is 85.5 cm³/mol. The van der Waals surface area contributed by atoms with Crippen molar-refractivity contribution in [1.29, 1.82) is 0 Å². The first kappa shape index (κ1) is 17.1. The quantitative estimate of drug-likeness (QED) is 0.541. The van der Waals surface area contributed by atoms with Crippen LogP contribution in [0, 0.1) is 5.82 Å². The molecule has 0 atom stereocenters. The third kappa shape index (κ3) is 4.88. The number of rotatable bonds is 8. The van der Waals surface area contributed by atoms with Crippen LogP contribution in [0.25, 0.3) is 11.1 Å². The van der Waals surface area contributed by atoms with E-state index in [2.05, 4.69) is 4.74 Å². The second-order valence-corrected chi connectivity index (χ2v) is 4.41. The van der Waals surface area contributed by atoms with Gasteiger partial charge in [0.2, 0.25) is 0 Å². The Kier molecular flexibility index (Phi) is 6.40. The van der Waals surface area contributed by atoms with Crippen LogP contribution in [0.5, 0.6) is 11.5 Å². The van der Waals surface area contributed by atoms with Crippen molar-refractivity contribution in [3.8, 4) is 22.6 Å². The van der Waals surface area contributed by atoms with Gasteiger partial charge in [0, 0.05) is 11.6 Å². The fourth-order valence-electron chi connectivity index (χ4n) is 1.85. The van der Waals surface area contributed by atoms with E-state index in [0.29, 0.717) is 22.6 Å². The molecule has 0 amide bonds. The molecule has 0 spiro atoms. The first-order chi connectivity index (χ1) is 11.7. The molecule has 0 radical (unpaired) electrons. The molecule has 24 heavy (non-hydrogen) atoms. The summed E-state index contributed by atoms with van der Waals surface area (Å²) in [5, 5.41) is 0. The Morgan fingerprint density at radius 1 is 0.875 bits per heavy atom. The van der Waals surface area contributed by atoms with Gasteiger partial charge in [-0.15, -0.1) is 0 Å². The Balaban J connectivity index is 2.08. The molecule has 0 unspecified atom stereocenters. The molecule has 2 rings (SSSR count). The molecule has 2 aromatic rings. The highest BCUT2D eigenvalue weighted by Gasteiger charge is 2.07. The summed E-state index contributed by atoms with van der Waals surface area (Å²) in [5.74, 6) is 0.477. The molecule has 0 fully saturated rings. The van der Waals surface area contributed by atoms with Gasteiger partial charge in [-0.2, -0.15) is 0 Å². The minimum atomic E-state index is -0.411. The molecule has 6 heteroatoms. The number of carbonyl (C=O) groups excluding carboxylic acids is 1. The first-order valence-corrected chi connectivity index (χ1v) is 6.90. The number of methoxy groups -OCH3 is 1. The van der Waals surface area contributed by atoms with Gasteiger partial charge >= 0.3 is 0 Å². The smallest absolute Gasteiger partial charge is 0.298 e. The highest BCUT2D eigenvalue weighted by atomic mass is 19.1. The highest BCUT2D eigenvalue weighted by Crippen LogP contribution is 2.28. The summed E-state index contributed by atoms with van der Waals surface area (Å²) in [4.78, 5) is 9.96. The summed E-state index contributed by atoms with van der Waals surface area (Å²) in [6.07, 6.45) is 5.00. The normalized spacial score (nSPS) is 10.8. The van der Waals surface area contributed by atoms with Crippen LogP contribution in [-0.2, 0) is 14.3 Å². The van der Waals surface area contributed by atoms with Gasteiger partial charge in [-0.3, -0.25) is 4.79 Å². The van der Waals surface area contributed by atoms with E-state index in [-0.39, 0.29) is 6.47 Å². The highest BCUT2D eigenvalue weighted by molar-refractivity contribution is 5.65. The van der Waals surface area contributed by atoms with Gasteiger partial charge in [-0.25, -0.2) is 4.39 Å². The number of carbonyl (C=O) groups is 1. The minimum absolute atomic E-state index is 0.282. The molecule has 0 aromatic heterocycles. The summed E-state index contributed by atoms with van der Waals surface area (Å²) in [5.41, 5.74) is 1.12. The van der Waals surface area contributed by atoms with Crippen molar-refractivity contribution < 1.29 is 28.1 Å².